The van der Waals surface area contributed by atoms with Crippen LogP contribution in [0.25, 0.3) is 0 Å². The molecule has 7 nitrogen and oxygen atoms in total. The maximum Gasteiger partial charge on any atom is 0.270 e. The van der Waals surface area contributed by atoms with Gasteiger partial charge >= 0.3 is 0 Å². The fourth-order valence-electron chi connectivity index (χ4n) is 2.28. The maximum atomic E-state index is 8.62. The lowest BCUT2D eigenvalue weighted by atomic mass is 10.2. The number of rotatable bonds is 10. The van der Waals surface area contributed by atoms with Gasteiger partial charge in [-0.2, -0.15) is 0 Å². The Morgan fingerprint density at radius 1 is 0.808 bits per heavy atom. The van der Waals surface area contributed by atoms with Crippen LogP contribution in [-0.2, 0) is 0 Å². The summed E-state index contributed by atoms with van der Waals surface area (Å²) in [6.45, 7) is 1.28. The van der Waals surface area contributed by atoms with Crippen molar-refractivity contribution in [2.24, 2.45) is 16.6 Å². The van der Waals surface area contributed by atoms with E-state index >= 15 is 0 Å². The number of nitrogens with zero attached hydrogens (tertiary/aromatic N) is 1. The number of hydrogen-bond acceptors (Lipinski definition) is 4. The molecule has 0 saturated carbocycles. The van der Waals surface area contributed by atoms with E-state index in [-0.39, 0.29) is 5.84 Å². The van der Waals surface area contributed by atoms with Gasteiger partial charge in [0.15, 0.2) is 5.84 Å². The fraction of sp³-hybridized carbons (Fsp3) is 0.263. The molecule has 0 bridgehead atoms. The first-order valence-corrected chi connectivity index (χ1v) is 8.42. The van der Waals surface area contributed by atoms with E-state index in [1.165, 1.54) is 0 Å². The summed E-state index contributed by atoms with van der Waals surface area (Å²) in [5.74, 6) is 1.94. The second kappa shape index (κ2) is 9.93. The van der Waals surface area contributed by atoms with E-state index in [4.69, 9.17) is 31.6 Å². The number of oxime groups is 1. The molecule has 0 spiro atoms. The third-order valence-electron chi connectivity index (χ3n) is 3.77. The van der Waals surface area contributed by atoms with Crippen LogP contribution in [-0.4, -0.2) is 30.1 Å². The molecular weight excluding hydrogens is 332 g/mol. The SMILES string of the molecule is NC(=[NH2+])c1ccc(OCCCCCOc2ccc(/C(N)=N/O)cc2)cc1. The highest BCUT2D eigenvalue weighted by atomic mass is 16.5. The Kier molecular flexibility index (Phi) is 7.30. The average Bonchev–Trinajstić information content (AvgIpc) is 2.67. The van der Waals surface area contributed by atoms with Crippen LogP contribution < -0.4 is 26.4 Å². The lowest BCUT2D eigenvalue weighted by molar-refractivity contribution is -0.114. The smallest absolute Gasteiger partial charge is 0.270 e. The summed E-state index contributed by atoms with van der Waals surface area (Å²) in [6, 6.07) is 14.5. The summed E-state index contributed by atoms with van der Waals surface area (Å²) >= 11 is 0. The van der Waals surface area contributed by atoms with Gasteiger partial charge in [0.05, 0.1) is 18.8 Å². The van der Waals surface area contributed by atoms with Gasteiger partial charge in [-0.1, -0.05) is 5.16 Å². The minimum atomic E-state index is 0.0795. The van der Waals surface area contributed by atoms with Crippen LogP contribution in [0.2, 0.25) is 0 Å². The molecule has 0 aliphatic carbocycles. The molecule has 2 aromatic carbocycles. The van der Waals surface area contributed by atoms with Crippen molar-refractivity contribution in [3.63, 3.8) is 0 Å². The topological polar surface area (TPSA) is 129 Å². The Hall–Kier alpha value is -3.22. The molecule has 138 valence electrons. The van der Waals surface area contributed by atoms with Crippen molar-refractivity contribution in [1.82, 2.24) is 0 Å². The van der Waals surface area contributed by atoms with Crippen molar-refractivity contribution in [3.8, 4) is 11.5 Å². The highest BCUT2D eigenvalue weighted by Gasteiger charge is 2.02. The summed E-state index contributed by atoms with van der Waals surface area (Å²) in [5, 5.41) is 17.1. The molecule has 0 fully saturated rings. The summed E-state index contributed by atoms with van der Waals surface area (Å²) < 4.78 is 11.3. The lowest BCUT2D eigenvalue weighted by Crippen LogP contribution is -2.46. The molecule has 0 aliphatic heterocycles. The molecule has 26 heavy (non-hydrogen) atoms. The second-order valence-corrected chi connectivity index (χ2v) is 5.75. The summed E-state index contributed by atoms with van der Waals surface area (Å²) in [4.78, 5) is 0. The molecule has 0 amide bonds. The first-order chi connectivity index (χ1) is 12.6. The number of unbranched alkanes of at least 4 members (excludes halogenated alkanes) is 2. The number of nitrogens with two attached hydrogens (primary N) is 3. The largest absolute Gasteiger partial charge is 0.494 e. The third-order valence-corrected chi connectivity index (χ3v) is 3.77. The summed E-state index contributed by atoms with van der Waals surface area (Å²) in [5.41, 5.74) is 12.5. The Bertz CT molecular complexity index is 727. The third kappa shape index (κ3) is 6.01. The molecule has 0 saturated heterocycles. The van der Waals surface area contributed by atoms with Gasteiger partial charge in [0.2, 0.25) is 0 Å². The monoisotopic (exact) mass is 357 g/mol. The number of benzene rings is 2. The molecule has 0 radical (unpaired) electrons. The zero-order chi connectivity index (χ0) is 18.8. The standard InChI is InChI=1S/C19H24N4O3/c20-18(21)14-4-8-16(9-5-14)25-12-2-1-3-13-26-17-10-6-15(7-11-17)19(22)23-24/h4-11,24H,1-3,12-13H2,(H3,20,21)(H2,22,23)/p+1. The van der Waals surface area contributed by atoms with E-state index in [1.54, 1.807) is 24.3 Å². The zero-order valence-corrected chi connectivity index (χ0v) is 14.6. The molecule has 0 heterocycles. The number of ether oxygens (including phenoxy) is 2. The molecule has 7 heteroatoms. The van der Waals surface area contributed by atoms with Gasteiger partial charge < -0.3 is 20.4 Å². The molecule has 0 aromatic heterocycles. The van der Waals surface area contributed by atoms with E-state index in [0.29, 0.717) is 24.6 Å². The average molecular weight is 357 g/mol. The molecule has 2 rings (SSSR count). The maximum absolute atomic E-state index is 8.62. The van der Waals surface area contributed by atoms with Gasteiger partial charge in [-0.25, -0.2) is 0 Å². The van der Waals surface area contributed by atoms with Crippen LogP contribution in [0.5, 0.6) is 11.5 Å². The first-order valence-electron chi connectivity index (χ1n) is 8.42. The summed E-state index contributed by atoms with van der Waals surface area (Å²) in [6.07, 6.45) is 2.88. The van der Waals surface area contributed by atoms with E-state index in [1.807, 2.05) is 24.3 Å². The molecule has 0 atom stereocenters. The van der Waals surface area contributed by atoms with E-state index in [2.05, 4.69) is 5.16 Å². The van der Waals surface area contributed by atoms with Crippen molar-refractivity contribution in [1.29, 1.82) is 0 Å². The fourth-order valence-corrected chi connectivity index (χ4v) is 2.28. The number of amidine groups is 2. The highest BCUT2D eigenvalue weighted by Crippen LogP contribution is 2.14. The van der Waals surface area contributed by atoms with Crippen LogP contribution in [0, 0.1) is 0 Å². The van der Waals surface area contributed by atoms with E-state index in [9.17, 15) is 0 Å². The number of hydrogen-bond donors (Lipinski definition) is 4. The molecule has 0 unspecified atom stereocenters. The van der Waals surface area contributed by atoms with Gasteiger partial charge in [-0.05, 0) is 67.8 Å². The second-order valence-electron chi connectivity index (χ2n) is 5.75. The van der Waals surface area contributed by atoms with Crippen molar-refractivity contribution in [3.05, 3.63) is 59.7 Å². The van der Waals surface area contributed by atoms with Gasteiger partial charge in [0.1, 0.15) is 11.5 Å². The van der Waals surface area contributed by atoms with Crippen LogP contribution in [0.15, 0.2) is 53.7 Å². The highest BCUT2D eigenvalue weighted by molar-refractivity contribution is 5.97. The van der Waals surface area contributed by atoms with Crippen LogP contribution >= 0.6 is 0 Å². The van der Waals surface area contributed by atoms with Crippen LogP contribution in [0.1, 0.15) is 30.4 Å². The first kappa shape index (κ1) is 19.1. The molecule has 2 aromatic rings. The van der Waals surface area contributed by atoms with Gasteiger partial charge in [-0.15, -0.1) is 0 Å². The molecule has 0 aliphatic rings. The Balaban J connectivity index is 1.58. The summed E-state index contributed by atoms with van der Waals surface area (Å²) in [7, 11) is 0. The van der Waals surface area contributed by atoms with Crippen molar-refractivity contribution >= 4 is 11.7 Å². The predicted octanol–water partition coefficient (Wildman–Crippen LogP) is 0.874. The van der Waals surface area contributed by atoms with Gasteiger partial charge in [0.25, 0.3) is 5.84 Å². The van der Waals surface area contributed by atoms with Crippen molar-refractivity contribution in [2.75, 3.05) is 13.2 Å². The lowest BCUT2D eigenvalue weighted by Gasteiger charge is -2.08. The van der Waals surface area contributed by atoms with Crippen LogP contribution in [0.4, 0.5) is 0 Å². The minimum absolute atomic E-state index is 0.0795. The quantitative estimate of drug-likeness (QED) is 0.165. The Morgan fingerprint density at radius 2 is 1.27 bits per heavy atom. The van der Waals surface area contributed by atoms with Crippen molar-refractivity contribution < 1.29 is 20.1 Å². The Labute approximate surface area is 152 Å². The molecule has 7 N–H and O–H groups in total. The molecular formula is C19H25N4O3+. The van der Waals surface area contributed by atoms with E-state index < -0.39 is 0 Å². The predicted molar refractivity (Wildman–Crippen MR) is 100 cm³/mol. The van der Waals surface area contributed by atoms with Gasteiger partial charge in [-0.3, -0.25) is 11.1 Å². The van der Waals surface area contributed by atoms with E-state index in [0.717, 1.165) is 36.3 Å². The normalized spacial score (nSPS) is 11.2. The van der Waals surface area contributed by atoms with Crippen molar-refractivity contribution in [2.45, 2.75) is 19.3 Å². The van der Waals surface area contributed by atoms with Gasteiger partial charge in [0, 0.05) is 5.56 Å². The van der Waals surface area contributed by atoms with Crippen LogP contribution in [0.3, 0.4) is 0 Å². The zero-order valence-electron chi connectivity index (χ0n) is 14.6. The Morgan fingerprint density at radius 3 is 1.69 bits per heavy atom. The minimum Gasteiger partial charge on any atom is -0.494 e.